The Bertz CT molecular complexity index is 816. The minimum Gasteiger partial charge on any atom is -0.345 e. The second-order valence-corrected chi connectivity index (χ2v) is 7.19. The third-order valence-corrected chi connectivity index (χ3v) is 5.36. The van der Waals surface area contributed by atoms with Crippen LogP contribution >= 0.6 is 11.8 Å². The smallest absolute Gasteiger partial charge is 0.251 e. The summed E-state index contributed by atoms with van der Waals surface area (Å²) in [6, 6.07) is 28.4. The molecular formula is C23H23NOS. The Labute approximate surface area is 159 Å². The highest BCUT2D eigenvalue weighted by Crippen LogP contribution is 2.22. The maximum absolute atomic E-state index is 12.6. The van der Waals surface area contributed by atoms with Crippen molar-refractivity contribution in [3.63, 3.8) is 0 Å². The first kappa shape index (κ1) is 18.3. The lowest BCUT2D eigenvalue weighted by molar-refractivity contribution is 0.0935. The summed E-state index contributed by atoms with van der Waals surface area (Å²) in [5.74, 6) is 0.871. The summed E-state index contributed by atoms with van der Waals surface area (Å²) < 4.78 is 0. The maximum Gasteiger partial charge on any atom is 0.251 e. The van der Waals surface area contributed by atoms with Crippen LogP contribution in [0.25, 0.3) is 0 Å². The van der Waals surface area contributed by atoms with Crippen molar-refractivity contribution in [2.75, 3.05) is 0 Å². The zero-order valence-electron chi connectivity index (χ0n) is 14.9. The number of thioether (sulfide) groups is 1. The fourth-order valence-corrected chi connectivity index (χ4v) is 3.66. The van der Waals surface area contributed by atoms with E-state index in [1.54, 1.807) is 11.8 Å². The van der Waals surface area contributed by atoms with Gasteiger partial charge in [-0.3, -0.25) is 4.79 Å². The minimum atomic E-state index is -0.0250. The fourth-order valence-electron chi connectivity index (χ4n) is 2.78. The van der Waals surface area contributed by atoms with Gasteiger partial charge < -0.3 is 5.32 Å². The Balaban J connectivity index is 1.59. The molecule has 26 heavy (non-hydrogen) atoms. The molecule has 0 saturated carbocycles. The molecule has 132 valence electrons. The zero-order chi connectivity index (χ0) is 18.2. The first-order chi connectivity index (χ1) is 12.8. The molecular weight excluding hydrogens is 338 g/mol. The maximum atomic E-state index is 12.6. The van der Waals surface area contributed by atoms with Crippen LogP contribution in [0, 0.1) is 0 Å². The van der Waals surface area contributed by atoms with E-state index >= 15 is 0 Å². The van der Waals surface area contributed by atoms with Crippen LogP contribution in [0.5, 0.6) is 0 Å². The van der Waals surface area contributed by atoms with Crippen LogP contribution in [-0.2, 0) is 5.75 Å². The number of rotatable bonds is 7. The number of hydrogen-bond acceptors (Lipinski definition) is 2. The van der Waals surface area contributed by atoms with Gasteiger partial charge in [0.2, 0.25) is 0 Å². The van der Waals surface area contributed by atoms with Gasteiger partial charge in [0, 0.05) is 16.2 Å². The van der Waals surface area contributed by atoms with E-state index in [9.17, 15) is 4.79 Å². The van der Waals surface area contributed by atoms with E-state index in [4.69, 9.17) is 0 Å². The molecule has 3 aromatic rings. The highest BCUT2D eigenvalue weighted by Gasteiger charge is 2.13. The van der Waals surface area contributed by atoms with Gasteiger partial charge in [-0.1, -0.05) is 67.6 Å². The van der Waals surface area contributed by atoms with Crippen molar-refractivity contribution in [1.82, 2.24) is 5.32 Å². The fraction of sp³-hybridized carbons (Fsp3) is 0.174. The second kappa shape index (κ2) is 9.25. The topological polar surface area (TPSA) is 29.1 Å². The monoisotopic (exact) mass is 361 g/mol. The highest BCUT2D eigenvalue weighted by molar-refractivity contribution is 7.98. The second-order valence-electron chi connectivity index (χ2n) is 6.14. The van der Waals surface area contributed by atoms with Crippen LogP contribution in [0.15, 0.2) is 89.8 Å². The molecule has 1 amide bonds. The lowest BCUT2D eigenvalue weighted by Crippen LogP contribution is -2.28. The third kappa shape index (κ3) is 4.99. The average Bonchev–Trinajstić information content (AvgIpc) is 2.72. The van der Waals surface area contributed by atoms with Gasteiger partial charge >= 0.3 is 0 Å². The minimum absolute atomic E-state index is 0.0250. The van der Waals surface area contributed by atoms with Gasteiger partial charge in [-0.2, -0.15) is 0 Å². The SMILES string of the molecule is CC[C@@H](NC(=O)c1ccc(CSc2ccccc2)cc1)c1ccccc1. The molecule has 0 aliphatic heterocycles. The summed E-state index contributed by atoms with van der Waals surface area (Å²) in [7, 11) is 0. The third-order valence-electron chi connectivity index (χ3n) is 4.28. The molecule has 2 nitrogen and oxygen atoms in total. The molecule has 0 fully saturated rings. The largest absolute Gasteiger partial charge is 0.345 e. The van der Waals surface area contributed by atoms with E-state index in [2.05, 4.69) is 36.5 Å². The normalized spacial score (nSPS) is 11.7. The number of amides is 1. The first-order valence-electron chi connectivity index (χ1n) is 8.89. The van der Waals surface area contributed by atoms with E-state index in [-0.39, 0.29) is 11.9 Å². The van der Waals surface area contributed by atoms with Crippen LogP contribution in [-0.4, -0.2) is 5.91 Å². The molecule has 0 radical (unpaired) electrons. The first-order valence-corrected chi connectivity index (χ1v) is 9.87. The van der Waals surface area contributed by atoms with Crippen molar-refractivity contribution in [3.8, 4) is 0 Å². The van der Waals surface area contributed by atoms with Crippen LogP contribution in [0.3, 0.4) is 0 Å². The highest BCUT2D eigenvalue weighted by atomic mass is 32.2. The van der Waals surface area contributed by atoms with E-state index < -0.39 is 0 Å². The molecule has 0 unspecified atom stereocenters. The zero-order valence-corrected chi connectivity index (χ0v) is 15.7. The summed E-state index contributed by atoms with van der Waals surface area (Å²) >= 11 is 1.80. The number of hydrogen-bond donors (Lipinski definition) is 1. The van der Waals surface area contributed by atoms with E-state index in [0.29, 0.717) is 5.56 Å². The lowest BCUT2D eigenvalue weighted by atomic mass is 10.0. The molecule has 0 bridgehead atoms. The molecule has 1 atom stereocenters. The molecule has 3 aromatic carbocycles. The van der Waals surface area contributed by atoms with Crippen molar-refractivity contribution < 1.29 is 4.79 Å². The van der Waals surface area contributed by atoms with Gasteiger partial charge in [0.15, 0.2) is 0 Å². The summed E-state index contributed by atoms with van der Waals surface area (Å²) in [5, 5.41) is 3.13. The molecule has 0 aromatic heterocycles. The summed E-state index contributed by atoms with van der Waals surface area (Å²) in [6.07, 6.45) is 0.863. The predicted octanol–water partition coefficient (Wildman–Crippen LogP) is 5.86. The van der Waals surface area contributed by atoms with Gasteiger partial charge in [-0.05, 0) is 41.8 Å². The Morgan fingerprint density at radius 2 is 1.50 bits per heavy atom. The Morgan fingerprint density at radius 1 is 0.885 bits per heavy atom. The molecule has 0 aliphatic rings. The van der Waals surface area contributed by atoms with E-state index in [1.807, 2.05) is 60.7 Å². The molecule has 0 aliphatic carbocycles. The molecule has 0 heterocycles. The van der Waals surface area contributed by atoms with Gasteiger partial charge in [0.1, 0.15) is 0 Å². The molecule has 0 saturated heterocycles. The predicted molar refractivity (Wildman–Crippen MR) is 109 cm³/mol. The van der Waals surface area contributed by atoms with Gasteiger partial charge in [-0.25, -0.2) is 0 Å². The number of nitrogens with one attached hydrogen (secondary N) is 1. The van der Waals surface area contributed by atoms with Crippen LogP contribution in [0.2, 0.25) is 0 Å². The van der Waals surface area contributed by atoms with Gasteiger partial charge in [0.05, 0.1) is 6.04 Å². The number of carbonyl (C=O) groups is 1. The van der Waals surface area contributed by atoms with Crippen molar-refractivity contribution in [2.24, 2.45) is 0 Å². The van der Waals surface area contributed by atoms with Crippen LogP contribution in [0.1, 0.15) is 40.9 Å². The molecule has 3 heteroatoms. The van der Waals surface area contributed by atoms with Crippen molar-refractivity contribution in [1.29, 1.82) is 0 Å². The molecule has 3 rings (SSSR count). The molecule has 1 N–H and O–H groups in total. The van der Waals surface area contributed by atoms with E-state index in [0.717, 1.165) is 17.7 Å². The van der Waals surface area contributed by atoms with Crippen molar-refractivity contribution in [3.05, 3.63) is 102 Å². The van der Waals surface area contributed by atoms with E-state index in [1.165, 1.54) is 10.5 Å². The Kier molecular flexibility index (Phi) is 6.50. The summed E-state index contributed by atoms with van der Waals surface area (Å²) in [4.78, 5) is 13.8. The van der Waals surface area contributed by atoms with Crippen LogP contribution < -0.4 is 5.32 Å². The number of carbonyl (C=O) groups excluding carboxylic acids is 1. The van der Waals surface area contributed by atoms with Gasteiger partial charge in [0.25, 0.3) is 5.91 Å². The quantitative estimate of drug-likeness (QED) is 0.534. The number of benzene rings is 3. The van der Waals surface area contributed by atoms with Gasteiger partial charge in [-0.15, -0.1) is 11.8 Å². The van der Waals surface area contributed by atoms with Crippen molar-refractivity contribution in [2.45, 2.75) is 30.0 Å². The van der Waals surface area contributed by atoms with Crippen molar-refractivity contribution >= 4 is 17.7 Å². The summed E-state index contributed by atoms with van der Waals surface area (Å²) in [6.45, 7) is 2.09. The average molecular weight is 362 g/mol. The van der Waals surface area contributed by atoms with Crippen LogP contribution in [0.4, 0.5) is 0 Å². The lowest BCUT2D eigenvalue weighted by Gasteiger charge is -2.17. The Hall–Kier alpha value is -2.52. The standard InChI is InChI=1S/C23H23NOS/c1-2-22(19-9-5-3-6-10-19)24-23(25)20-15-13-18(14-16-20)17-26-21-11-7-4-8-12-21/h3-16,22H,2,17H2,1H3,(H,24,25)/t22-/m1/s1. The Morgan fingerprint density at radius 3 is 2.12 bits per heavy atom. The summed E-state index contributed by atoms with van der Waals surface area (Å²) in [5.41, 5.74) is 3.05. The molecule has 0 spiro atoms.